The molecule has 1 saturated heterocycles. The van der Waals surface area contributed by atoms with Crippen molar-refractivity contribution in [3.63, 3.8) is 0 Å². The molecule has 1 heterocycles. The first-order valence-electron chi connectivity index (χ1n) is 9.32. The second-order valence-electron chi connectivity index (χ2n) is 7.32. The van der Waals surface area contributed by atoms with Crippen molar-refractivity contribution < 1.29 is 17.9 Å². The molecule has 2 aromatic rings. The third kappa shape index (κ3) is 4.24. The molecule has 0 aromatic heterocycles. The number of ether oxygens (including phenoxy) is 1. The van der Waals surface area contributed by atoms with Crippen LogP contribution in [0.25, 0.3) is 0 Å². The van der Waals surface area contributed by atoms with E-state index in [1.165, 1.54) is 16.4 Å². The van der Waals surface area contributed by atoms with Gasteiger partial charge in [0, 0.05) is 18.1 Å². The minimum Gasteiger partial charge on any atom is -0.423 e. The Bertz CT molecular complexity index is 995. The van der Waals surface area contributed by atoms with Gasteiger partial charge in [0.2, 0.25) is 10.0 Å². The van der Waals surface area contributed by atoms with E-state index in [9.17, 15) is 13.2 Å². The number of rotatable bonds is 5. The Morgan fingerprint density at radius 1 is 1.14 bits per heavy atom. The zero-order valence-electron chi connectivity index (χ0n) is 16.2. The zero-order valence-corrected chi connectivity index (χ0v) is 17.8. The van der Waals surface area contributed by atoms with Crippen LogP contribution >= 0.6 is 11.6 Å². The number of nitrogens with zero attached hydrogens (tertiary/aromatic N) is 1. The van der Waals surface area contributed by atoms with E-state index in [-0.39, 0.29) is 16.4 Å². The Hall–Kier alpha value is -1.89. The SMILES string of the molecule is Cc1cc(OC(=O)c2cccc(S(=O)(=O)N3CCCC3)c2)c(C(C)C)cc1Cl. The average molecular weight is 422 g/mol. The molecule has 1 aliphatic rings. The van der Waals surface area contributed by atoms with Crippen LogP contribution in [0.4, 0.5) is 0 Å². The number of esters is 1. The van der Waals surface area contributed by atoms with Crippen LogP contribution in [0.15, 0.2) is 41.3 Å². The number of halogens is 1. The van der Waals surface area contributed by atoms with Crippen molar-refractivity contribution in [3.05, 3.63) is 58.1 Å². The average Bonchev–Trinajstić information content (AvgIpc) is 3.20. The van der Waals surface area contributed by atoms with Crippen molar-refractivity contribution in [2.24, 2.45) is 0 Å². The van der Waals surface area contributed by atoms with Crippen LogP contribution in [0, 0.1) is 6.92 Å². The lowest BCUT2D eigenvalue weighted by molar-refractivity contribution is 0.0732. The highest BCUT2D eigenvalue weighted by Gasteiger charge is 2.28. The van der Waals surface area contributed by atoms with Crippen molar-refractivity contribution in [1.29, 1.82) is 0 Å². The van der Waals surface area contributed by atoms with E-state index >= 15 is 0 Å². The van der Waals surface area contributed by atoms with Crippen molar-refractivity contribution in [3.8, 4) is 5.75 Å². The van der Waals surface area contributed by atoms with Crippen LogP contribution in [0.3, 0.4) is 0 Å². The molecule has 0 radical (unpaired) electrons. The first-order chi connectivity index (χ1) is 13.2. The predicted molar refractivity (Wildman–Crippen MR) is 110 cm³/mol. The summed E-state index contributed by atoms with van der Waals surface area (Å²) in [5, 5.41) is 0.613. The lowest BCUT2D eigenvalue weighted by Crippen LogP contribution is -2.28. The summed E-state index contributed by atoms with van der Waals surface area (Å²) in [5.41, 5.74) is 1.83. The normalized spacial score (nSPS) is 15.2. The van der Waals surface area contributed by atoms with E-state index < -0.39 is 16.0 Å². The standard InChI is InChI=1S/C21H24ClNO4S/c1-14(2)18-13-19(22)15(3)11-20(18)27-21(24)16-7-6-8-17(12-16)28(25,26)23-9-4-5-10-23/h6-8,11-14H,4-5,9-10H2,1-3H3. The molecule has 1 fully saturated rings. The number of sulfonamides is 1. The lowest BCUT2D eigenvalue weighted by atomic mass is 10.0. The van der Waals surface area contributed by atoms with Gasteiger partial charge in [0.15, 0.2) is 0 Å². The fourth-order valence-corrected chi connectivity index (χ4v) is 4.97. The third-order valence-corrected chi connectivity index (χ3v) is 7.19. The minimum atomic E-state index is -3.59. The maximum atomic E-state index is 12.8. The first kappa shape index (κ1) is 20.8. The van der Waals surface area contributed by atoms with E-state index in [2.05, 4.69) is 0 Å². The molecule has 2 aromatic carbocycles. The van der Waals surface area contributed by atoms with Gasteiger partial charge in [-0.25, -0.2) is 13.2 Å². The second-order valence-corrected chi connectivity index (χ2v) is 9.67. The first-order valence-corrected chi connectivity index (χ1v) is 11.1. The highest BCUT2D eigenvalue weighted by atomic mass is 35.5. The highest BCUT2D eigenvalue weighted by molar-refractivity contribution is 7.89. The molecule has 0 N–H and O–H groups in total. The summed E-state index contributed by atoms with van der Waals surface area (Å²) in [6.45, 7) is 6.84. The van der Waals surface area contributed by atoms with Crippen LogP contribution in [0.5, 0.6) is 5.75 Å². The van der Waals surface area contributed by atoms with Crippen LogP contribution in [-0.4, -0.2) is 31.8 Å². The molecule has 0 bridgehead atoms. The molecule has 0 atom stereocenters. The molecule has 7 heteroatoms. The molecule has 0 aliphatic carbocycles. The number of benzene rings is 2. The van der Waals surface area contributed by atoms with E-state index in [1.807, 2.05) is 20.8 Å². The van der Waals surface area contributed by atoms with Crippen LogP contribution in [0.2, 0.25) is 5.02 Å². The topological polar surface area (TPSA) is 63.7 Å². The fourth-order valence-electron chi connectivity index (χ4n) is 3.23. The van der Waals surface area contributed by atoms with Gasteiger partial charge in [-0.2, -0.15) is 4.31 Å². The molecular weight excluding hydrogens is 398 g/mol. The molecule has 1 aliphatic heterocycles. The van der Waals surface area contributed by atoms with E-state index in [0.29, 0.717) is 23.9 Å². The summed E-state index contributed by atoms with van der Waals surface area (Å²) in [5.74, 6) is -0.0421. The Morgan fingerprint density at radius 2 is 1.82 bits per heavy atom. The maximum absolute atomic E-state index is 12.8. The Morgan fingerprint density at radius 3 is 2.46 bits per heavy atom. The third-order valence-electron chi connectivity index (χ3n) is 4.89. The number of aryl methyl sites for hydroxylation is 1. The number of hydrogen-bond acceptors (Lipinski definition) is 4. The Kier molecular flexibility index (Phi) is 6.12. The quantitative estimate of drug-likeness (QED) is 0.515. The number of carbonyl (C=O) groups is 1. The molecular formula is C21H24ClNO4S. The van der Waals surface area contributed by atoms with Crippen molar-refractivity contribution in [2.45, 2.75) is 44.4 Å². The van der Waals surface area contributed by atoms with Gasteiger partial charge in [0.1, 0.15) is 5.75 Å². The maximum Gasteiger partial charge on any atom is 0.343 e. The van der Waals surface area contributed by atoms with Gasteiger partial charge in [0.05, 0.1) is 10.5 Å². The van der Waals surface area contributed by atoms with Gasteiger partial charge in [-0.3, -0.25) is 0 Å². The van der Waals surface area contributed by atoms with Crippen LogP contribution < -0.4 is 4.74 Å². The van der Waals surface area contributed by atoms with Gasteiger partial charge >= 0.3 is 5.97 Å². The number of hydrogen-bond donors (Lipinski definition) is 0. The summed E-state index contributed by atoms with van der Waals surface area (Å²) in [4.78, 5) is 12.8. The van der Waals surface area contributed by atoms with Crippen molar-refractivity contribution >= 4 is 27.6 Å². The summed E-state index contributed by atoms with van der Waals surface area (Å²) in [6, 6.07) is 9.56. The highest BCUT2D eigenvalue weighted by Crippen LogP contribution is 2.32. The fraction of sp³-hybridized carbons (Fsp3) is 0.381. The van der Waals surface area contributed by atoms with E-state index in [1.54, 1.807) is 24.3 Å². The smallest absolute Gasteiger partial charge is 0.343 e. The van der Waals surface area contributed by atoms with Crippen molar-refractivity contribution in [1.82, 2.24) is 4.31 Å². The van der Waals surface area contributed by atoms with Gasteiger partial charge in [-0.1, -0.05) is 31.5 Å². The molecule has 0 amide bonds. The van der Waals surface area contributed by atoms with E-state index in [4.69, 9.17) is 16.3 Å². The van der Waals surface area contributed by atoms with E-state index in [0.717, 1.165) is 24.0 Å². The number of carbonyl (C=O) groups excluding carboxylic acids is 1. The molecule has 5 nitrogen and oxygen atoms in total. The molecule has 28 heavy (non-hydrogen) atoms. The molecule has 0 spiro atoms. The van der Waals surface area contributed by atoms with Crippen LogP contribution in [0.1, 0.15) is 54.1 Å². The summed E-state index contributed by atoms with van der Waals surface area (Å²) < 4.78 is 32.6. The molecule has 150 valence electrons. The summed E-state index contributed by atoms with van der Waals surface area (Å²) >= 11 is 6.20. The van der Waals surface area contributed by atoms with Crippen molar-refractivity contribution in [2.75, 3.05) is 13.1 Å². The Labute approximate surface area is 171 Å². The molecule has 0 saturated carbocycles. The molecule has 0 unspecified atom stereocenters. The molecule has 3 rings (SSSR count). The van der Waals surface area contributed by atoms with Gasteiger partial charge < -0.3 is 4.74 Å². The largest absolute Gasteiger partial charge is 0.423 e. The second kappa shape index (κ2) is 8.23. The Balaban J connectivity index is 1.89. The minimum absolute atomic E-state index is 0.111. The zero-order chi connectivity index (χ0) is 20.5. The van der Waals surface area contributed by atoms with Crippen LogP contribution in [-0.2, 0) is 10.0 Å². The summed E-state index contributed by atoms with van der Waals surface area (Å²) in [6.07, 6.45) is 1.71. The monoisotopic (exact) mass is 421 g/mol. The predicted octanol–water partition coefficient (Wildman–Crippen LogP) is 4.78. The van der Waals surface area contributed by atoms with Gasteiger partial charge in [-0.05, 0) is 67.1 Å². The lowest BCUT2D eigenvalue weighted by Gasteiger charge is -2.17. The van der Waals surface area contributed by atoms with Gasteiger partial charge in [0.25, 0.3) is 0 Å². The summed E-state index contributed by atoms with van der Waals surface area (Å²) in [7, 11) is -3.59. The van der Waals surface area contributed by atoms with Gasteiger partial charge in [-0.15, -0.1) is 0 Å².